The molecular formula is C25H25N3O2S. The highest BCUT2D eigenvalue weighted by atomic mass is 32.1. The third kappa shape index (κ3) is 3.90. The lowest BCUT2D eigenvalue weighted by Crippen LogP contribution is -2.51. The fourth-order valence-corrected chi connectivity index (χ4v) is 5.36. The van der Waals surface area contributed by atoms with E-state index in [9.17, 15) is 9.90 Å². The van der Waals surface area contributed by atoms with E-state index in [0.717, 1.165) is 42.0 Å². The molecule has 2 N–H and O–H groups in total. The van der Waals surface area contributed by atoms with Gasteiger partial charge in [0.05, 0.1) is 6.04 Å². The normalized spacial score (nSPS) is 17.0. The maximum Gasteiger partial charge on any atom is 0.195 e. The fourth-order valence-electron chi connectivity index (χ4n) is 4.47. The summed E-state index contributed by atoms with van der Waals surface area (Å²) in [6, 6.07) is 21.8. The van der Waals surface area contributed by atoms with Gasteiger partial charge in [0.2, 0.25) is 0 Å². The van der Waals surface area contributed by atoms with Crippen molar-refractivity contribution in [1.82, 2.24) is 9.88 Å². The number of rotatable bonds is 6. The van der Waals surface area contributed by atoms with Crippen LogP contribution in [0.4, 0.5) is 5.69 Å². The van der Waals surface area contributed by atoms with Crippen LogP contribution < -0.4 is 4.90 Å². The van der Waals surface area contributed by atoms with Crippen molar-refractivity contribution in [1.29, 1.82) is 0 Å². The molecule has 0 amide bonds. The Hall–Kier alpha value is -2.93. The summed E-state index contributed by atoms with van der Waals surface area (Å²) in [5.74, 6) is -0.235. The van der Waals surface area contributed by atoms with E-state index in [-0.39, 0.29) is 11.8 Å². The second-order valence-electron chi connectivity index (χ2n) is 7.88. The van der Waals surface area contributed by atoms with E-state index < -0.39 is 6.10 Å². The number of para-hydroxylation sites is 2. The van der Waals surface area contributed by atoms with Crippen LogP contribution >= 0.6 is 11.3 Å². The molecule has 0 unspecified atom stereocenters. The molecule has 2 aromatic carbocycles. The Morgan fingerprint density at radius 2 is 1.68 bits per heavy atom. The van der Waals surface area contributed by atoms with Gasteiger partial charge < -0.3 is 15.0 Å². The van der Waals surface area contributed by atoms with Gasteiger partial charge in [-0.15, -0.1) is 11.3 Å². The number of aromatic nitrogens is 1. The fraction of sp³-hybridized carbons (Fsp3) is 0.240. The zero-order valence-electron chi connectivity index (χ0n) is 17.1. The van der Waals surface area contributed by atoms with Gasteiger partial charge in [0.25, 0.3) is 0 Å². The van der Waals surface area contributed by atoms with Gasteiger partial charge >= 0.3 is 0 Å². The molecule has 1 aliphatic rings. The lowest BCUT2D eigenvalue weighted by Gasteiger charge is -2.41. The number of aliphatic hydroxyl groups excluding tert-OH is 1. The smallest absolute Gasteiger partial charge is 0.195 e. The van der Waals surface area contributed by atoms with Crippen molar-refractivity contribution in [2.45, 2.75) is 12.1 Å². The molecule has 31 heavy (non-hydrogen) atoms. The number of nitrogens with zero attached hydrogens (tertiary/aromatic N) is 2. The molecule has 3 heterocycles. The minimum absolute atomic E-state index is 0.235. The lowest BCUT2D eigenvalue weighted by molar-refractivity contribution is 0.0376. The zero-order chi connectivity index (χ0) is 21.2. The highest BCUT2D eigenvalue weighted by Gasteiger charge is 2.36. The average Bonchev–Trinajstić information content (AvgIpc) is 3.50. The van der Waals surface area contributed by atoms with Crippen molar-refractivity contribution in [2.24, 2.45) is 0 Å². The summed E-state index contributed by atoms with van der Waals surface area (Å²) >= 11 is 1.59. The Kier molecular flexibility index (Phi) is 5.59. The first-order valence-corrected chi connectivity index (χ1v) is 11.5. The van der Waals surface area contributed by atoms with E-state index in [1.54, 1.807) is 17.5 Å². The number of thiophene rings is 1. The number of nitrogens with one attached hydrogen (secondary N) is 1. The molecule has 1 fully saturated rings. The van der Waals surface area contributed by atoms with Crippen LogP contribution in [0.2, 0.25) is 0 Å². The van der Waals surface area contributed by atoms with Crippen LogP contribution in [0.3, 0.4) is 0 Å². The third-order valence-electron chi connectivity index (χ3n) is 6.09. The number of piperazine rings is 1. The molecule has 1 saturated heterocycles. The van der Waals surface area contributed by atoms with Gasteiger partial charge in [-0.25, -0.2) is 0 Å². The number of hydrogen-bond donors (Lipinski definition) is 2. The summed E-state index contributed by atoms with van der Waals surface area (Å²) in [7, 11) is 0. The maximum absolute atomic E-state index is 13.4. The van der Waals surface area contributed by atoms with Crippen LogP contribution in [-0.2, 0) is 0 Å². The first-order valence-electron chi connectivity index (χ1n) is 10.6. The molecule has 0 saturated carbocycles. The molecule has 0 aliphatic carbocycles. The molecule has 5 rings (SSSR count). The molecule has 2 aromatic heterocycles. The quantitative estimate of drug-likeness (QED) is 0.446. The summed E-state index contributed by atoms with van der Waals surface area (Å²) in [5.41, 5.74) is 2.67. The number of hydrogen-bond acceptors (Lipinski definition) is 5. The van der Waals surface area contributed by atoms with Gasteiger partial charge in [-0.05, 0) is 29.6 Å². The largest absolute Gasteiger partial charge is 0.383 e. The number of Topliss-reactive ketones (excluding diaryl/α,β-unsaturated/α-hetero) is 1. The van der Waals surface area contributed by atoms with Crippen molar-refractivity contribution in [3.8, 4) is 0 Å². The standard InChI is InChI=1S/C25H25N3O2S/c29-24(20-17-26-21-10-5-4-9-19(20)21)25(30)23(22-11-6-16-31-22)28-14-12-27(13-15-28)18-7-2-1-3-8-18/h1-11,16-17,23,25-26,30H,12-15H2/t23-,25-/m1/s1. The van der Waals surface area contributed by atoms with Gasteiger partial charge in [0.15, 0.2) is 5.78 Å². The SMILES string of the molecule is O=C(c1c[nH]c2ccccc12)[C@H](O)[C@@H](c1cccs1)N1CCN(c2ccccc2)CC1. The second kappa shape index (κ2) is 8.67. The monoisotopic (exact) mass is 431 g/mol. The Labute approximate surface area is 185 Å². The third-order valence-corrected chi connectivity index (χ3v) is 7.03. The molecule has 1 aliphatic heterocycles. The molecule has 158 valence electrons. The summed E-state index contributed by atoms with van der Waals surface area (Å²) in [5, 5.41) is 14.2. The maximum atomic E-state index is 13.4. The number of aromatic amines is 1. The lowest BCUT2D eigenvalue weighted by atomic mass is 9.97. The number of carbonyl (C=O) groups is 1. The second-order valence-corrected chi connectivity index (χ2v) is 8.86. The molecular weight excluding hydrogens is 406 g/mol. The molecule has 0 bridgehead atoms. The number of anilines is 1. The van der Waals surface area contributed by atoms with Crippen LogP contribution in [0.5, 0.6) is 0 Å². The highest BCUT2D eigenvalue weighted by Crippen LogP contribution is 2.32. The number of benzene rings is 2. The Morgan fingerprint density at radius 1 is 0.935 bits per heavy atom. The van der Waals surface area contributed by atoms with Crippen LogP contribution in [0, 0.1) is 0 Å². The van der Waals surface area contributed by atoms with Crippen LogP contribution in [0.1, 0.15) is 21.3 Å². The van der Waals surface area contributed by atoms with Crippen molar-refractivity contribution in [3.05, 3.63) is 88.7 Å². The first kappa shape index (κ1) is 20.0. The van der Waals surface area contributed by atoms with Gasteiger partial charge in [-0.2, -0.15) is 0 Å². The zero-order valence-corrected chi connectivity index (χ0v) is 18.0. The van der Waals surface area contributed by atoms with E-state index in [0.29, 0.717) is 5.56 Å². The predicted octanol–water partition coefficient (Wildman–Crippen LogP) is 4.34. The molecule has 4 aromatic rings. The summed E-state index contributed by atoms with van der Waals surface area (Å²) < 4.78 is 0. The molecule has 0 spiro atoms. The number of H-pyrrole nitrogens is 1. The van der Waals surface area contributed by atoms with Gasteiger partial charge in [-0.3, -0.25) is 9.69 Å². The highest BCUT2D eigenvalue weighted by molar-refractivity contribution is 7.10. The molecule has 6 heteroatoms. The number of ketones is 1. The average molecular weight is 432 g/mol. The van der Waals surface area contributed by atoms with Crippen molar-refractivity contribution < 1.29 is 9.90 Å². The molecule has 2 atom stereocenters. The van der Waals surface area contributed by atoms with E-state index in [4.69, 9.17) is 0 Å². The van der Waals surface area contributed by atoms with Crippen molar-refractivity contribution >= 4 is 33.7 Å². The van der Waals surface area contributed by atoms with Gasteiger partial charge in [0, 0.05) is 59.4 Å². The minimum atomic E-state index is -1.12. The van der Waals surface area contributed by atoms with Crippen LogP contribution in [0.25, 0.3) is 10.9 Å². The van der Waals surface area contributed by atoms with Crippen LogP contribution in [0.15, 0.2) is 78.3 Å². The predicted molar refractivity (Wildman–Crippen MR) is 126 cm³/mol. The van der Waals surface area contributed by atoms with Crippen molar-refractivity contribution in [2.75, 3.05) is 31.1 Å². The summed E-state index contributed by atoms with van der Waals surface area (Å²) in [6.45, 7) is 3.30. The van der Waals surface area contributed by atoms with E-state index in [1.807, 2.05) is 47.8 Å². The topological polar surface area (TPSA) is 59.6 Å². The Balaban J connectivity index is 1.39. The van der Waals surface area contributed by atoms with E-state index in [1.165, 1.54) is 5.69 Å². The van der Waals surface area contributed by atoms with Gasteiger partial charge in [-0.1, -0.05) is 42.5 Å². The minimum Gasteiger partial charge on any atom is -0.383 e. The van der Waals surface area contributed by atoms with Crippen LogP contribution in [-0.4, -0.2) is 53.1 Å². The number of fused-ring (bicyclic) bond motifs is 1. The summed E-state index contributed by atoms with van der Waals surface area (Å²) in [4.78, 5) is 22.2. The first-order chi connectivity index (χ1) is 15.2. The van der Waals surface area contributed by atoms with Gasteiger partial charge in [0.1, 0.15) is 6.10 Å². The molecule has 5 nitrogen and oxygen atoms in total. The van der Waals surface area contributed by atoms with Crippen molar-refractivity contribution in [3.63, 3.8) is 0 Å². The number of carbonyl (C=O) groups excluding carboxylic acids is 1. The van der Waals surface area contributed by atoms with E-state index >= 15 is 0 Å². The number of aliphatic hydroxyl groups is 1. The Morgan fingerprint density at radius 3 is 2.42 bits per heavy atom. The Bertz CT molecular complexity index is 1150. The summed E-state index contributed by atoms with van der Waals surface area (Å²) in [6.07, 6.45) is 0.593. The molecule has 0 radical (unpaired) electrons. The van der Waals surface area contributed by atoms with E-state index in [2.05, 4.69) is 39.0 Å².